The number of rotatable bonds is 7. The third-order valence-corrected chi connectivity index (χ3v) is 8.97. The van der Waals surface area contributed by atoms with Gasteiger partial charge in [-0.2, -0.15) is 4.98 Å². The molecule has 6 rings (SSSR count). The minimum atomic E-state index is -4.82. The number of ether oxygens (including phenoxy) is 2. The van der Waals surface area contributed by atoms with Crippen LogP contribution in [-0.2, 0) is 18.6 Å². The van der Waals surface area contributed by atoms with Gasteiger partial charge in [0.1, 0.15) is 41.9 Å². The van der Waals surface area contributed by atoms with Gasteiger partial charge in [0.2, 0.25) is 5.95 Å². The van der Waals surface area contributed by atoms with Gasteiger partial charge < -0.3 is 51.4 Å². The van der Waals surface area contributed by atoms with Crippen molar-refractivity contribution >= 4 is 41.7 Å². The normalized spacial score (nSPS) is 31.7. The summed E-state index contributed by atoms with van der Waals surface area (Å²) in [4.78, 5) is 45.6. The van der Waals surface area contributed by atoms with Gasteiger partial charge in [-0.25, -0.2) is 19.9 Å². The Kier molecular flexibility index (Phi) is 6.76. The van der Waals surface area contributed by atoms with Crippen LogP contribution in [0.2, 0.25) is 0 Å². The van der Waals surface area contributed by atoms with Crippen molar-refractivity contribution in [2.45, 2.75) is 48.6 Å². The maximum Gasteiger partial charge on any atom is 0.338 e. The maximum absolute atomic E-state index is 13.6. The molecule has 2 fully saturated rings. The van der Waals surface area contributed by atoms with Crippen molar-refractivity contribution in [1.29, 1.82) is 0 Å². The number of nitrogens with one attached hydrogen (secondary N) is 1. The zero-order valence-electron chi connectivity index (χ0n) is 20.9. The van der Waals surface area contributed by atoms with E-state index in [0.717, 1.165) is 10.9 Å². The molecule has 2 saturated heterocycles. The van der Waals surface area contributed by atoms with E-state index in [1.165, 1.54) is 17.2 Å². The molecular formula is C20H26N11O9P. The number of aromatic amines is 1. The maximum atomic E-state index is 13.6. The molecule has 2 aliphatic rings. The molecule has 1 unspecified atom stereocenters. The number of H-pyrrole nitrogens is 1. The summed E-state index contributed by atoms with van der Waals surface area (Å²) in [6, 6.07) is -1.07. The second-order valence-corrected chi connectivity index (χ2v) is 11.6. The molecule has 6 heterocycles. The number of aliphatic hydroxyl groups is 3. The second kappa shape index (κ2) is 10.0. The molecule has 11 N–H and O–H groups in total. The van der Waals surface area contributed by atoms with Crippen molar-refractivity contribution in [2.75, 3.05) is 24.7 Å². The Bertz CT molecular complexity index is 1710. The SMILES string of the molecule is Nc1nc2c(ncn2[C@@H]2O[C@H](CO)[C@@H](O)[C@H]2P(=O)(O)OC[C@H]2O[C@@H](n3cnc4c(N)ncnc43)[C@H](O)[C@@H]2N)c(=O)[nH]1. The highest BCUT2D eigenvalue weighted by Gasteiger charge is 2.55. The molecule has 0 radical (unpaired) electrons. The zero-order valence-corrected chi connectivity index (χ0v) is 21.8. The molecular weight excluding hydrogens is 569 g/mol. The van der Waals surface area contributed by atoms with E-state index in [2.05, 4.69) is 29.9 Å². The monoisotopic (exact) mass is 595 g/mol. The standard InChI is InChI=1S/C20H26N11O9P/c21-8-7(40-18(12(8)34)30-4-26-9-14(22)24-3-25-15(9)30)2-38-41(36,37)13-11(33)6(1-32)39-19(13)31-5-27-10-16(31)28-20(23)29-17(10)35/h3-8,11-13,18-19,32-34H,1-2,21H2,(H,36,37)(H2,22,24,25)(H3,23,28,29,35)/t6-,7-,8-,11-,12-,13-,18-,19-/m1/s1. The van der Waals surface area contributed by atoms with Crippen LogP contribution in [0.15, 0.2) is 23.8 Å². The van der Waals surface area contributed by atoms with E-state index >= 15 is 0 Å². The number of aliphatic hydroxyl groups excluding tert-OH is 3. The molecule has 21 heteroatoms. The van der Waals surface area contributed by atoms with Crippen LogP contribution in [-0.4, -0.2) is 109 Å². The Morgan fingerprint density at radius 2 is 1.68 bits per heavy atom. The minimum absolute atomic E-state index is 0.0869. The molecule has 4 aromatic heterocycles. The van der Waals surface area contributed by atoms with Crippen molar-refractivity contribution < 1.29 is 38.8 Å². The molecule has 20 nitrogen and oxygen atoms in total. The average Bonchev–Trinajstić information content (AvgIpc) is 3.68. The number of hydrogen-bond donors (Lipinski definition) is 8. The van der Waals surface area contributed by atoms with E-state index in [4.69, 9.17) is 31.2 Å². The Morgan fingerprint density at radius 3 is 2.41 bits per heavy atom. The first kappa shape index (κ1) is 27.6. The largest absolute Gasteiger partial charge is 0.394 e. The van der Waals surface area contributed by atoms with Gasteiger partial charge in [0, 0.05) is 0 Å². The van der Waals surface area contributed by atoms with E-state index in [1.54, 1.807) is 0 Å². The van der Waals surface area contributed by atoms with Crippen LogP contribution in [0.3, 0.4) is 0 Å². The van der Waals surface area contributed by atoms with Crippen LogP contribution < -0.4 is 22.8 Å². The molecule has 4 aromatic rings. The lowest BCUT2D eigenvalue weighted by Gasteiger charge is -2.27. The summed E-state index contributed by atoms with van der Waals surface area (Å²) in [5.74, 6) is -0.130. The van der Waals surface area contributed by atoms with Crippen LogP contribution in [0.25, 0.3) is 22.3 Å². The Hall–Kier alpha value is -3.59. The topological polar surface area (TPSA) is 311 Å². The summed E-state index contributed by atoms with van der Waals surface area (Å²) in [7, 11) is -4.82. The summed E-state index contributed by atoms with van der Waals surface area (Å²) < 4.78 is 33.1. The molecule has 0 bridgehead atoms. The van der Waals surface area contributed by atoms with E-state index in [9.17, 15) is 29.6 Å². The summed E-state index contributed by atoms with van der Waals surface area (Å²) in [6.45, 7) is -1.28. The Balaban J connectivity index is 1.25. The van der Waals surface area contributed by atoms with E-state index in [-0.39, 0.29) is 34.1 Å². The number of imidazole rings is 2. The summed E-state index contributed by atoms with van der Waals surface area (Å²) in [5, 5.41) is 31.3. The first-order valence-electron chi connectivity index (χ1n) is 12.2. The van der Waals surface area contributed by atoms with Gasteiger partial charge in [-0.05, 0) is 0 Å². The molecule has 0 amide bonds. The Morgan fingerprint density at radius 1 is 1.00 bits per heavy atom. The summed E-state index contributed by atoms with van der Waals surface area (Å²) in [5.41, 5.74) is 15.6. The summed E-state index contributed by atoms with van der Waals surface area (Å²) >= 11 is 0. The molecule has 0 aromatic carbocycles. The van der Waals surface area contributed by atoms with Crippen molar-refractivity contribution in [3.05, 3.63) is 29.3 Å². The molecule has 0 saturated carbocycles. The fraction of sp³-hybridized carbons (Fsp3) is 0.500. The first-order valence-corrected chi connectivity index (χ1v) is 13.8. The lowest BCUT2D eigenvalue weighted by Crippen LogP contribution is -2.42. The number of hydrogen-bond acceptors (Lipinski definition) is 16. The number of fused-ring (bicyclic) bond motifs is 2. The highest BCUT2D eigenvalue weighted by molar-refractivity contribution is 7.53. The number of nitrogens with zero attached hydrogens (tertiary/aromatic N) is 7. The number of nitrogen functional groups attached to an aromatic ring is 2. The number of anilines is 2. The van der Waals surface area contributed by atoms with Gasteiger partial charge in [0.15, 0.2) is 35.1 Å². The third-order valence-electron chi connectivity index (χ3n) is 7.13. The van der Waals surface area contributed by atoms with Gasteiger partial charge in [0.05, 0.1) is 31.9 Å². The fourth-order valence-electron chi connectivity index (χ4n) is 5.06. The summed E-state index contributed by atoms with van der Waals surface area (Å²) in [6.07, 6.45) is -4.22. The minimum Gasteiger partial charge on any atom is -0.394 e. The van der Waals surface area contributed by atoms with Crippen molar-refractivity contribution in [3.8, 4) is 0 Å². The zero-order chi connectivity index (χ0) is 29.2. The van der Waals surface area contributed by atoms with Gasteiger partial charge in [0.25, 0.3) is 5.56 Å². The van der Waals surface area contributed by atoms with E-state index < -0.39 is 74.9 Å². The van der Waals surface area contributed by atoms with Crippen molar-refractivity contribution in [3.63, 3.8) is 0 Å². The van der Waals surface area contributed by atoms with Gasteiger partial charge in [-0.3, -0.25) is 23.5 Å². The number of aromatic nitrogens is 8. The number of nitrogens with two attached hydrogens (primary N) is 3. The molecule has 2 aliphatic heterocycles. The lowest BCUT2D eigenvalue weighted by molar-refractivity contribution is -0.0478. The molecule has 41 heavy (non-hydrogen) atoms. The molecule has 0 aliphatic carbocycles. The smallest absolute Gasteiger partial charge is 0.338 e. The second-order valence-electron chi connectivity index (χ2n) is 9.58. The third kappa shape index (κ3) is 4.45. The van der Waals surface area contributed by atoms with Crippen LogP contribution in [0.5, 0.6) is 0 Å². The van der Waals surface area contributed by atoms with E-state index in [1.807, 2.05) is 0 Å². The van der Waals surface area contributed by atoms with Gasteiger partial charge in [-0.1, -0.05) is 0 Å². The average molecular weight is 595 g/mol. The predicted octanol–water partition coefficient (Wildman–Crippen LogP) is -3.47. The van der Waals surface area contributed by atoms with Crippen LogP contribution in [0.4, 0.5) is 11.8 Å². The Labute approximate surface area is 228 Å². The molecule has 0 spiro atoms. The van der Waals surface area contributed by atoms with Crippen LogP contribution >= 0.6 is 7.60 Å². The highest BCUT2D eigenvalue weighted by Crippen LogP contribution is 2.57. The quantitative estimate of drug-likeness (QED) is 0.0962. The van der Waals surface area contributed by atoms with Crippen molar-refractivity contribution in [2.24, 2.45) is 5.73 Å². The van der Waals surface area contributed by atoms with Gasteiger partial charge >= 0.3 is 7.60 Å². The highest BCUT2D eigenvalue weighted by atomic mass is 31.2. The molecule has 220 valence electrons. The fourth-order valence-corrected chi connectivity index (χ4v) is 6.70. The lowest BCUT2D eigenvalue weighted by atomic mass is 10.1. The van der Waals surface area contributed by atoms with Gasteiger partial charge in [-0.15, -0.1) is 0 Å². The van der Waals surface area contributed by atoms with Crippen LogP contribution in [0, 0.1) is 0 Å². The van der Waals surface area contributed by atoms with E-state index in [0.29, 0.717) is 0 Å². The first-order chi connectivity index (χ1) is 19.5. The predicted molar refractivity (Wildman–Crippen MR) is 137 cm³/mol. The molecule has 9 atom stereocenters. The van der Waals surface area contributed by atoms with Crippen molar-refractivity contribution in [1.82, 2.24) is 39.0 Å². The van der Waals surface area contributed by atoms with Crippen LogP contribution in [0.1, 0.15) is 12.5 Å².